The molecule has 0 aliphatic rings. The van der Waals surface area contributed by atoms with Crippen LogP contribution in [0.2, 0.25) is 0 Å². The molecule has 1 N–H and O–H groups in total. The van der Waals surface area contributed by atoms with Crippen molar-refractivity contribution >= 4 is 34.4 Å². The highest BCUT2D eigenvalue weighted by Crippen LogP contribution is 2.21. The zero-order valence-electron chi connectivity index (χ0n) is 14.5. The molecule has 4 nitrogen and oxygen atoms in total. The predicted octanol–water partition coefficient (Wildman–Crippen LogP) is 5.21. The molecular weight excluding hydrogens is 348 g/mol. The first-order chi connectivity index (χ1) is 12.1. The molecule has 2 aromatic carbocycles. The molecule has 130 valence electrons. The van der Waals surface area contributed by atoms with E-state index >= 15 is 0 Å². The number of aryl methyl sites for hydroxylation is 1. The lowest BCUT2D eigenvalue weighted by Gasteiger charge is -2.20. The van der Waals surface area contributed by atoms with Gasteiger partial charge >= 0.3 is 0 Å². The summed E-state index contributed by atoms with van der Waals surface area (Å²) in [5, 5.41) is 8.82. The molecule has 0 unspecified atom stereocenters. The summed E-state index contributed by atoms with van der Waals surface area (Å²) in [7, 11) is 0. The topological polar surface area (TPSA) is 33.1 Å². The van der Waals surface area contributed by atoms with Crippen molar-refractivity contribution in [3.05, 3.63) is 69.7 Å². The van der Waals surface area contributed by atoms with E-state index in [0.29, 0.717) is 6.67 Å². The van der Waals surface area contributed by atoms with Crippen LogP contribution in [0.1, 0.15) is 18.1 Å². The summed E-state index contributed by atoms with van der Waals surface area (Å²) in [6.45, 7) is 6.75. The van der Waals surface area contributed by atoms with Crippen LogP contribution in [0.15, 0.2) is 54.6 Å². The van der Waals surface area contributed by atoms with Crippen LogP contribution in [0.4, 0.5) is 10.8 Å². The third kappa shape index (κ3) is 4.98. The molecule has 0 saturated heterocycles. The third-order valence-corrected chi connectivity index (χ3v) is 5.13. The first-order valence-corrected chi connectivity index (χ1v) is 9.54. The normalized spacial score (nSPS) is 11.0. The van der Waals surface area contributed by atoms with E-state index in [1.165, 1.54) is 22.5 Å². The van der Waals surface area contributed by atoms with Gasteiger partial charge in [-0.2, -0.15) is 0 Å². The Morgan fingerprint density at radius 3 is 2.68 bits per heavy atom. The van der Waals surface area contributed by atoms with Crippen molar-refractivity contribution in [2.24, 2.45) is 0 Å². The van der Waals surface area contributed by atoms with Crippen LogP contribution in [0, 0.1) is 10.9 Å². The first-order valence-electron chi connectivity index (χ1n) is 8.32. The van der Waals surface area contributed by atoms with Gasteiger partial charge < -0.3 is 5.32 Å². The molecule has 0 aliphatic heterocycles. The Labute approximate surface area is 157 Å². The Bertz CT molecular complexity index is 870. The minimum atomic E-state index is 0.691. The van der Waals surface area contributed by atoms with Crippen LogP contribution in [-0.4, -0.2) is 21.2 Å². The summed E-state index contributed by atoms with van der Waals surface area (Å²) in [6, 6.07) is 18.7. The van der Waals surface area contributed by atoms with Gasteiger partial charge in [0.15, 0.2) is 3.95 Å². The molecule has 0 fully saturated rings. The molecule has 0 aliphatic carbocycles. The lowest BCUT2D eigenvalue weighted by atomic mass is 10.2. The molecule has 0 bridgehead atoms. The van der Waals surface area contributed by atoms with Crippen LogP contribution >= 0.6 is 23.6 Å². The van der Waals surface area contributed by atoms with E-state index in [1.807, 2.05) is 22.9 Å². The van der Waals surface area contributed by atoms with E-state index in [1.54, 1.807) is 0 Å². The van der Waals surface area contributed by atoms with Crippen LogP contribution in [0.3, 0.4) is 0 Å². The van der Waals surface area contributed by atoms with E-state index in [2.05, 4.69) is 65.6 Å². The Balaban J connectivity index is 1.70. The van der Waals surface area contributed by atoms with Crippen molar-refractivity contribution in [1.82, 2.24) is 14.7 Å². The van der Waals surface area contributed by atoms with Crippen LogP contribution in [0.25, 0.3) is 0 Å². The zero-order valence-corrected chi connectivity index (χ0v) is 16.1. The average Bonchev–Trinajstić information content (AvgIpc) is 2.94. The van der Waals surface area contributed by atoms with Crippen molar-refractivity contribution < 1.29 is 0 Å². The number of hydrogen-bond acceptors (Lipinski definition) is 5. The van der Waals surface area contributed by atoms with Crippen molar-refractivity contribution in [3.63, 3.8) is 0 Å². The first kappa shape index (κ1) is 17.8. The fourth-order valence-electron chi connectivity index (χ4n) is 2.59. The van der Waals surface area contributed by atoms with Crippen LogP contribution in [0.5, 0.6) is 0 Å². The summed E-state index contributed by atoms with van der Waals surface area (Å²) in [5.74, 6) is 0. The second-order valence-corrected chi connectivity index (χ2v) is 7.56. The second kappa shape index (κ2) is 8.38. The van der Waals surface area contributed by atoms with Gasteiger partial charge in [-0.15, -0.1) is 5.10 Å². The summed E-state index contributed by atoms with van der Waals surface area (Å²) in [5.41, 5.74) is 3.55. The van der Waals surface area contributed by atoms with E-state index in [-0.39, 0.29) is 0 Å². The molecule has 3 aromatic rings. The van der Waals surface area contributed by atoms with Crippen molar-refractivity contribution in [2.75, 3.05) is 11.9 Å². The number of aromatic nitrogens is 2. The number of nitrogens with one attached hydrogen (secondary N) is 1. The van der Waals surface area contributed by atoms with Gasteiger partial charge in [0.25, 0.3) is 0 Å². The van der Waals surface area contributed by atoms with Gasteiger partial charge in [0.1, 0.15) is 0 Å². The maximum atomic E-state index is 5.50. The summed E-state index contributed by atoms with van der Waals surface area (Å²) in [4.78, 5) is 2.32. The molecule has 25 heavy (non-hydrogen) atoms. The van der Waals surface area contributed by atoms with Gasteiger partial charge in [-0.25, -0.2) is 4.68 Å². The smallest absolute Gasteiger partial charge is 0.209 e. The fourth-order valence-corrected chi connectivity index (χ4v) is 3.60. The second-order valence-electron chi connectivity index (χ2n) is 5.94. The monoisotopic (exact) mass is 370 g/mol. The van der Waals surface area contributed by atoms with Gasteiger partial charge in [-0.1, -0.05) is 60.7 Å². The molecule has 1 aromatic heterocycles. The summed E-state index contributed by atoms with van der Waals surface area (Å²) < 4.78 is 2.67. The highest BCUT2D eigenvalue weighted by Gasteiger charge is 2.09. The summed E-state index contributed by atoms with van der Waals surface area (Å²) >= 11 is 7.00. The summed E-state index contributed by atoms with van der Waals surface area (Å²) in [6.07, 6.45) is 0. The maximum Gasteiger partial charge on any atom is 0.209 e. The number of rotatable bonds is 7. The van der Waals surface area contributed by atoms with Crippen molar-refractivity contribution in [2.45, 2.75) is 27.1 Å². The van der Waals surface area contributed by atoms with Crippen LogP contribution in [-0.2, 0) is 13.2 Å². The lowest BCUT2D eigenvalue weighted by molar-refractivity contribution is 0.208. The Morgan fingerprint density at radius 2 is 1.96 bits per heavy atom. The quantitative estimate of drug-likeness (QED) is 0.579. The van der Waals surface area contributed by atoms with Gasteiger partial charge in [-0.3, -0.25) is 4.90 Å². The van der Waals surface area contributed by atoms with Gasteiger partial charge in [0.05, 0.1) is 6.67 Å². The molecule has 0 spiro atoms. The van der Waals surface area contributed by atoms with E-state index in [4.69, 9.17) is 12.2 Å². The number of hydrogen-bond donors (Lipinski definition) is 1. The Kier molecular flexibility index (Phi) is 5.96. The van der Waals surface area contributed by atoms with Crippen LogP contribution < -0.4 is 5.32 Å². The number of benzene rings is 2. The van der Waals surface area contributed by atoms with Gasteiger partial charge in [-0.05, 0) is 48.9 Å². The van der Waals surface area contributed by atoms with E-state index in [9.17, 15) is 0 Å². The average molecular weight is 371 g/mol. The highest BCUT2D eigenvalue weighted by atomic mass is 32.1. The molecule has 3 rings (SSSR count). The number of nitrogens with zero attached hydrogens (tertiary/aromatic N) is 3. The van der Waals surface area contributed by atoms with Crippen molar-refractivity contribution in [1.29, 1.82) is 0 Å². The Morgan fingerprint density at radius 1 is 1.16 bits per heavy atom. The van der Waals surface area contributed by atoms with Gasteiger partial charge in [0, 0.05) is 12.2 Å². The van der Waals surface area contributed by atoms with Crippen molar-refractivity contribution in [3.8, 4) is 0 Å². The standard InChI is InChI=1S/C19H22N4S2/c1-3-22(13-16-9-5-4-6-10-16)14-23-19(24)25-18(21-23)20-17-11-7-8-15(2)12-17/h4-12H,3,13-14H2,1-2H3,(H,20,21). The zero-order chi connectivity index (χ0) is 17.6. The molecule has 6 heteroatoms. The third-order valence-electron chi connectivity index (χ3n) is 3.91. The maximum absolute atomic E-state index is 5.50. The highest BCUT2D eigenvalue weighted by molar-refractivity contribution is 7.73. The van der Waals surface area contributed by atoms with E-state index in [0.717, 1.165) is 27.9 Å². The minimum absolute atomic E-state index is 0.691. The molecule has 0 radical (unpaired) electrons. The molecule has 0 amide bonds. The molecule has 0 atom stereocenters. The Hall–Kier alpha value is -2.02. The largest absolute Gasteiger partial charge is 0.330 e. The van der Waals surface area contributed by atoms with Gasteiger partial charge in [0.2, 0.25) is 5.13 Å². The number of anilines is 2. The molecule has 0 saturated carbocycles. The SMILES string of the molecule is CCN(Cc1ccccc1)Cn1nc(Nc2cccc(C)c2)sc1=S. The minimum Gasteiger partial charge on any atom is -0.330 e. The lowest BCUT2D eigenvalue weighted by Crippen LogP contribution is -2.26. The fraction of sp³-hybridized carbons (Fsp3) is 0.263. The molecular formula is C19H22N4S2. The predicted molar refractivity (Wildman–Crippen MR) is 108 cm³/mol. The van der Waals surface area contributed by atoms with E-state index < -0.39 is 0 Å². The molecule has 1 heterocycles.